The summed E-state index contributed by atoms with van der Waals surface area (Å²) < 4.78 is 8.07. The molecule has 4 aromatic rings. The lowest BCUT2D eigenvalue weighted by Crippen LogP contribution is -2.13. The van der Waals surface area contributed by atoms with Crippen LogP contribution in [0.4, 0.5) is 5.69 Å². The van der Waals surface area contributed by atoms with E-state index in [4.69, 9.17) is 14.7 Å². The van der Waals surface area contributed by atoms with E-state index in [9.17, 15) is 4.79 Å². The molecule has 0 unspecified atom stereocenters. The number of nitrogens with one attached hydrogen (secondary N) is 1. The van der Waals surface area contributed by atoms with Crippen molar-refractivity contribution in [2.75, 3.05) is 5.32 Å². The third kappa shape index (κ3) is 3.93. The fraction of sp³-hybridized carbons (Fsp3) is 0.280. The molecule has 4 heterocycles. The van der Waals surface area contributed by atoms with Crippen LogP contribution in [0.2, 0.25) is 0 Å². The number of rotatable bonds is 4. The monoisotopic (exact) mass is 427 g/mol. The predicted octanol–water partition coefficient (Wildman–Crippen LogP) is 5.21. The Morgan fingerprint density at radius 3 is 2.81 bits per heavy atom. The Bertz CT molecular complexity index is 1300. The van der Waals surface area contributed by atoms with Gasteiger partial charge in [-0.1, -0.05) is 6.42 Å². The Labute approximate surface area is 186 Å². The minimum atomic E-state index is -0.186. The number of amides is 1. The van der Waals surface area contributed by atoms with E-state index in [0.717, 1.165) is 54.3 Å². The Kier molecular flexibility index (Phi) is 5.31. The van der Waals surface area contributed by atoms with Gasteiger partial charge in [-0.05, 0) is 68.7 Å². The molecule has 0 spiro atoms. The first-order valence-electron chi connectivity index (χ1n) is 10.9. The van der Waals surface area contributed by atoms with Gasteiger partial charge >= 0.3 is 0 Å². The average molecular weight is 428 g/mol. The van der Waals surface area contributed by atoms with Crippen molar-refractivity contribution in [3.05, 3.63) is 71.4 Å². The molecule has 5 rings (SSSR count). The summed E-state index contributed by atoms with van der Waals surface area (Å²) in [6, 6.07) is 11.1. The summed E-state index contributed by atoms with van der Waals surface area (Å²) in [5.41, 5.74) is 4.47. The van der Waals surface area contributed by atoms with Gasteiger partial charge in [0.1, 0.15) is 22.8 Å². The van der Waals surface area contributed by atoms with Gasteiger partial charge in [0, 0.05) is 30.5 Å². The molecule has 1 amide bonds. The van der Waals surface area contributed by atoms with Crippen molar-refractivity contribution in [1.29, 1.82) is 0 Å². The zero-order valence-corrected chi connectivity index (χ0v) is 18.3. The highest BCUT2D eigenvalue weighted by Crippen LogP contribution is 2.28. The summed E-state index contributed by atoms with van der Waals surface area (Å²) >= 11 is 0. The molecule has 32 heavy (non-hydrogen) atoms. The Morgan fingerprint density at radius 1 is 1.09 bits per heavy atom. The summed E-state index contributed by atoms with van der Waals surface area (Å²) in [5, 5.41) is 3.02. The minimum absolute atomic E-state index is 0.186. The van der Waals surface area contributed by atoms with Gasteiger partial charge in [0.15, 0.2) is 5.65 Å². The van der Waals surface area contributed by atoms with Gasteiger partial charge in [0.05, 0.1) is 11.8 Å². The summed E-state index contributed by atoms with van der Waals surface area (Å²) in [7, 11) is 0. The molecule has 0 saturated carbocycles. The lowest BCUT2D eigenvalue weighted by atomic mass is 10.1. The quantitative estimate of drug-likeness (QED) is 0.483. The van der Waals surface area contributed by atoms with Crippen molar-refractivity contribution in [3.8, 4) is 11.5 Å². The van der Waals surface area contributed by atoms with E-state index in [2.05, 4.69) is 14.9 Å². The summed E-state index contributed by atoms with van der Waals surface area (Å²) in [5.74, 6) is 2.23. The lowest BCUT2D eigenvalue weighted by molar-refractivity contribution is 0.102. The van der Waals surface area contributed by atoms with Crippen LogP contribution in [0, 0.1) is 13.8 Å². The molecule has 1 aromatic carbocycles. The summed E-state index contributed by atoms with van der Waals surface area (Å²) in [4.78, 5) is 26.8. The van der Waals surface area contributed by atoms with Gasteiger partial charge in [-0.2, -0.15) is 0 Å². The van der Waals surface area contributed by atoms with E-state index in [1.54, 1.807) is 12.4 Å². The number of hydrogen-bond donors (Lipinski definition) is 1. The van der Waals surface area contributed by atoms with Crippen molar-refractivity contribution in [1.82, 2.24) is 19.5 Å². The predicted molar refractivity (Wildman–Crippen MR) is 123 cm³/mol. The number of pyridine rings is 2. The Morgan fingerprint density at radius 2 is 2.00 bits per heavy atom. The van der Waals surface area contributed by atoms with E-state index in [1.165, 1.54) is 6.42 Å². The largest absolute Gasteiger partial charge is 0.455 e. The third-order valence-corrected chi connectivity index (χ3v) is 5.73. The molecule has 7 nitrogen and oxygen atoms in total. The average Bonchev–Trinajstić information content (AvgIpc) is 2.96. The molecule has 1 N–H and O–H groups in total. The number of hydrogen-bond acceptors (Lipinski definition) is 5. The molecule has 0 aliphatic carbocycles. The van der Waals surface area contributed by atoms with Crippen LogP contribution in [0.25, 0.3) is 11.2 Å². The Hall–Kier alpha value is -3.74. The van der Waals surface area contributed by atoms with Crippen molar-refractivity contribution in [2.45, 2.75) is 46.1 Å². The van der Waals surface area contributed by atoms with Crippen LogP contribution in [0.5, 0.6) is 11.5 Å². The van der Waals surface area contributed by atoms with Crippen LogP contribution in [-0.2, 0) is 13.0 Å². The van der Waals surface area contributed by atoms with Gasteiger partial charge in [0.2, 0.25) is 0 Å². The molecule has 0 atom stereocenters. The number of aryl methyl sites for hydroxylation is 4. The molecule has 0 saturated heterocycles. The first-order chi connectivity index (χ1) is 15.6. The molecule has 0 fully saturated rings. The second-order valence-corrected chi connectivity index (χ2v) is 8.20. The fourth-order valence-electron chi connectivity index (χ4n) is 4.16. The number of carbonyl (C=O) groups excluding carboxylic acids is 1. The number of aromatic nitrogens is 4. The Balaban J connectivity index is 1.42. The minimum Gasteiger partial charge on any atom is -0.455 e. The van der Waals surface area contributed by atoms with Gasteiger partial charge in [-0.15, -0.1) is 0 Å². The van der Waals surface area contributed by atoms with Gasteiger partial charge in [-0.3, -0.25) is 9.78 Å². The molecule has 0 radical (unpaired) electrons. The number of ether oxygens (including phenoxy) is 1. The van der Waals surface area contributed by atoms with E-state index in [-0.39, 0.29) is 5.91 Å². The van der Waals surface area contributed by atoms with Crippen molar-refractivity contribution in [2.24, 2.45) is 0 Å². The van der Waals surface area contributed by atoms with E-state index >= 15 is 0 Å². The molecule has 7 heteroatoms. The number of fused-ring (bicyclic) bond motifs is 3. The van der Waals surface area contributed by atoms with Gasteiger partial charge in [-0.25, -0.2) is 9.97 Å². The van der Waals surface area contributed by atoms with Crippen LogP contribution < -0.4 is 10.1 Å². The van der Waals surface area contributed by atoms with Crippen LogP contribution in [0.1, 0.15) is 46.7 Å². The second kappa shape index (κ2) is 8.42. The summed E-state index contributed by atoms with van der Waals surface area (Å²) in [6.45, 7) is 4.77. The second-order valence-electron chi connectivity index (χ2n) is 8.20. The SMILES string of the molecule is Cc1cc(C(=O)Nc2ccc(Oc3cccnc3)c(C)c2)c2nc3n(c2n1)CCCCC3. The molecule has 162 valence electrons. The van der Waals surface area contributed by atoms with E-state index in [0.29, 0.717) is 22.5 Å². The zero-order chi connectivity index (χ0) is 22.1. The molecular weight excluding hydrogens is 402 g/mol. The van der Waals surface area contributed by atoms with Gasteiger partial charge in [0.25, 0.3) is 5.91 Å². The highest BCUT2D eigenvalue weighted by atomic mass is 16.5. The summed E-state index contributed by atoms with van der Waals surface area (Å²) in [6.07, 6.45) is 7.73. The molecule has 0 bridgehead atoms. The number of benzene rings is 1. The molecule has 3 aromatic heterocycles. The first-order valence-corrected chi connectivity index (χ1v) is 10.9. The number of nitrogens with zero attached hydrogens (tertiary/aromatic N) is 4. The highest BCUT2D eigenvalue weighted by molar-refractivity contribution is 6.11. The topological polar surface area (TPSA) is 81.9 Å². The van der Waals surface area contributed by atoms with Crippen molar-refractivity contribution in [3.63, 3.8) is 0 Å². The lowest BCUT2D eigenvalue weighted by Gasteiger charge is -2.11. The maximum absolute atomic E-state index is 13.2. The maximum Gasteiger partial charge on any atom is 0.258 e. The van der Waals surface area contributed by atoms with Crippen molar-refractivity contribution < 1.29 is 9.53 Å². The van der Waals surface area contributed by atoms with Crippen molar-refractivity contribution >= 4 is 22.8 Å². The fourth-order valence-corrected chi connectivity index (χ4v) is 4.16. The highest BCUT2D eigenvalue weighted by Gasteiger charge is 2.21. The zero-order valence-electron chi connectivity index (χ0n) is 18.3. The maximum atomic E-state index is 13.2. The van der Waals surface area contributed by atoms with E-state index in [1.807, 2.05) is 50.2 Å². The third-order valence-electron chi connectivity index (χ3n) is 5.73. The van der Waals surface area contributed by atoms with Crippen LogP contribution in [0.3, 0.4) is 0 Å². The normalized spacial score (nSPS) is 13.4. The molecule has 1 aliphatic rings. The molecular formula is C25H25N5O2. The van der Waals surface area contributed by atoms with E-state index < -0.39 is 0 Å². The first kappa shape index (κ1) is 20.2. The smallest absolute Gasteiger partial charge is 0.258 e. The standard InChI is InChI=1S/C25H25N5O2/c1-16-13-18(9-10-21(16)32-19-7-6-11-26-15-19)28-25(31)20-14-17(2)27-24-23(20)29-22-8-4-3-5-12-30(22)24/h6-7,9-11,13-15H,3-5,8,12H2,1-2H3,(H,28,31). The van der Waals surface area contributed by atoms with Crippen LogP contribution in [0.15, 0.2) is 48.8 Å². The number of anilines is 1. The molecule has 1 aliphatic heterocycles. The van der Waals surface area contributed by atoms with Crippen LogP contribution >= 0.6 is 0 Å². The van der Waals surface area contributed by atoms with Crippen LogP contribution in [-0.4, -0.2) is 25.4 Å². The number of imidazole rings is 1. The van der Waals surface area contributed by atoms with Gasteiger partial charge < -0.3 is 14.6 Å². The number of carbonyl (C=O) groups is 1.